The molecule has 0 aliphatic carbocycles. The summed E-state index contributed by atoms with van der Waals surface area (Å²) in [5, 5.41) is 25.1. The molecule has 4 N–H and O–H groups in total. The Morgan fingerprint density at radius 2 is 1.92 bits per heavy atom. The van der Waals surface area contributed by atoms with Crippen molar-refractivity contribution in [2.75, 3.05) is 23.7 Å². The molecule has 2 aromatic rings. The molecule has 0 unspecified atom stereocenters. The minimum absolute atomic E-state index is 0.0220. The summed E-state index contributed by atoms with van der Waals surface area (Å²) in [5.41, 5.74) is 1.23. The molecule has 0 aromatic carbocycles. The number of rotatable bonds is 11. The van der Waals surface area contributed by atoms with Gasteiger partial charge in [0.15, 0.2) is 23.3 Å². The normalized spacial score (nSPS) is 11.6. The molecule has 0 amide bonds. The van der Waals surface area contributed by atoms with Gasteiger partial charge in [0.1, 0.15) is 0 Å². The van der Waals surface area contributed by atoms with Crippen LogP contribution in [0.4, 0.5) is 11.8 Å². The number of hydrogen-bond acceptors (Lipinski definition) is 7. The van der Waals surface area contributed by atoms with Gasteiger partial charge in [-0.05, 0) is 18.8 Å². The van der Waals surface area contributed by atoms with Gasteiger partial charge in [0.25, 0.3) is 0 Å². The molecule has 2 aromatic heterocycles. The molecule has 140 valence electrons. The smallest absolute Gasteiger partial charge is 0.226 e. The van der Waals surface area contributed by atoms with Crippen molar-refractivity contribution >= 4 is 22.9 Å². The van der Waals surface area contributed by atoms with Gasteiger partial charge in [-0.3, -0.25) is 0 Å². The fourth-order valence-corrected chi connectivity index (χ4v) is 2.51. The van der Waals surface area contributed by atoms with Crippen molar-refractivity contribution in [1.82, 2.24) is 19.5 Å². The van der Waals surface area contributed by atoms with E-state index < -0.39 is 6.29 Å². The first-order valence-electron chi connectivity index (χ1n) is 9.08. The van der Waals surface area contributed by atoms with Crippen LogP contribution in [0.5, 0.6) is 0 Å². The Morgan fingerprint density at radius 3 is 2.60 bits per heavy atom. The molecule has 0 atom stereocenters. The van der Waals surface area contributed by atoms with Gasteiger partial charge in [0.2, 0.25) is 5.95 Å². The fraction of sp³-hybridized carbons (Fsp3) is 0.706. The zero-order valence-electron chi connectivity index (χ0n) is 15.4. The maximum Gasteiger partial charge on any atom is 0.226 e. The topological polar surface area (TPSA) is 108 Å². The van der Waals surface area contributed by atoms with Crippen LogP contribution in [0.25, 0.3) is 11.2 Å². The largest absolute Gasteiger partial charge is 0.368 e. The average Bonchev–Trinajstić information content (AvgIpc) is 2.94. The van der Waals surface area contributed by atoms with Gasteiger partial charge >= 0.3 is 0 Å². The van der Waals surface area contributed by atoms with E-state index in [9.17, 15) is 10.2 Å². The number of aromatic nitrogens is 4. The standard InChI is InChI=1S/C17H30N6O2/c1-4-5-6-8-19-17-21-15(18-9-7-12(2)3)14-16(22-17)23(11-20-14)10-13(24)25/h11-13,24-25H,4-10H2,1-3H3,(H2,18,19,21,22). The van der Waals surface area contributed by atoms with Crippen LogP contribution in [0.1, 0.15) is 46.5 Å². The van der Waals surface area contributed by atoms with E-state index in [1.807, 2.05) is 0 Å². The number of hydrogen-bond donors (Lipinski definition) is 4. The lowest BCUT2D eigenvalue weighted by atomic mass is 10.1. The number of nitrogens with zero attached hydrogens (tertiary/aromatic N) is 4. The van der Waals surface area contributed by atoms with E-state index >= 15 is 0 Å². The number of anilines is 2. The fourth-order valence-electron chi connectivity index (χ4n) is 2.51. The van der Waals surface area contributed by atoms with Gasteiger partial charge in [-0.25, -0.2) is 4.98 Å². The van der Waals surface area contributed by atoms with Crippen molar-refractivity contribution < 1.29 is 10.2 Å². The summed E-state index contributed by atoms with van der Waals surface area (Å²) < 4.78 is 1.63. The van der Waals surface area contributed by atoms with E-state index in [0.29, 0.717) is 28.8 Å². The van der Waals surface area contributed by atoms with E-state index in [2.05, 4.69) is 46.4 Å². The van der Waals surface area contributed by atoms with E-state index in [1.54, 1.807) is 10.9 Å². The molecule has 8 heteroatoms. The Morgan fingerprint density at radius 1 is 1.12 bits per heavy atom. The third-order valence-electron chi connectivity index (χ3n) is 3.90. The van der Waals surface area contributed by atoms with Gasteiger partial charge in [0.05, 0.1) is 12.9 Å². The molecule has 0 fully saturated rings. The summed E-state index contributed by atoms with van der Waals surface area (Å²) >= 11 is 0. The van der Waals surface area contributed by atoms with Gasteiger partial charge in [0, 0.05) is 13.1 Å². The second-order valence-electron chi connectivity index (χ2n) is 6.69. The summed E-state index contributed by atoms with van der Waals surface area (Å²) in [7, 11) is 0. The van der Waals surface area contributed by atoms with Crippen LogP contribution in [0.3, 0.4) is 0 Å². The molecule has 8 nitrogen and oxygen atoms in total. The second kappa shape index (κ2) is 9.53. The molecular formula is C17H30N6O2. The molecule has 0 bridgehead atoms. The number of unbranched alkanes of at least 4 members (excludes halogenated alkanes) is 2. The van der Waals surface area contributed by atoms with Crippen LogP contribution in [0.2, 0.25) is 0 Å². The Kier molecular flexibility index (Phi) is 7.39. The highest BCUT2D eigenvalue weighted by Gasteiger charge is 2.14. The maximum atomic E-state index is 9.26. The monoisotopic (exact) mass is 350 g/mol. The highest BCUT2D eigenvalue weighted by atomic mass is 16.5. The third kappa shape index (κ3) is 5.82. The number of nitrogens with one attached hydrogen (secondary N) is 2. The van der Waals surface area contributed by atoms with Crippen LogP contribution in [0, 0.1) is 5.92 Å². The Hall–Kier alpha value is -1.93. The van der Waals surface area contributed by atoms with Crippen LogP contribution >= 0.6 is 0 Å². The van der Waals surface area contributed by atoms with Gasteiger partial charge in [-0.15, -0.1) is 0 Å². The predicted molar refractivity (Wildman–Crippen MR) is 99.5 cm³/mol. The Bertz CT molecular complexity index is 656. The van der Waals surface area contributed by atoms with Crippen molar-refractivity contribution in [3.05, 3.63) is 6.33 Å². The summed E-state index contributed by atoms with van der Waals surface area (Å²) in [6.45, 7) is 8.15. The van der Waals surface area contributed by atoms with Crippen molar-refractivity contribution in [3.8, 4) is 0 Å². The molecule has 0 aliphatic rings. The molecule has 25 heavy (non-hydrogen) atoms. The van der Waals surface area contributed by atoms with Crippen molar-refractivity contribution in [2.24, 2.45) is 5.92 Å². The lowest BCUT2D eigenvalue weighted by Gasteiger charge is -2.12. The summed E-state index contributed by atoms with van der Waals surface area (Å²) in [6.07, 6.45) is 4.51. The molecule has 0 saturated heterocycles. The highest BCUT2D eigenvalue weighted by molar-refractivity contribution is 5.84. The van der Waals surface area contributed by atoms with Crippen molar-refractivity contribution in [2.45, 2.75) is 59.3 Å². The lowest BCUT2D eigenvalue weighted by molar-refractivity contribution is -0.0506. The van der Waals surface area contributed by atoms with Gasteiger partial charge in [-0.2, -0.15) is 9.97 Å². The Labute approximate surface area is 148 Å². The quantitative estimate of drug-likeness (QED) is 0.363. The second-order valence-corrected chi connectivity index (χ2v) is 6.69. The molecule has 0 saturated carbocycles. The van der Waals surface area contributed by atoms with Crippen molar-refractivity contribution in [1.29, 1.82) is 0 Å². The summed E-state index contributed by atoms with van der Waals surface area (Å²) in [4.78, 5) is 13.4. The zero-order chi connectivity index (χ0) is 18.2. The number of aliphatic hydroxyl groups is 2. The molecular weight excluding hydrogens is 320 g/mol. The van der Waals surface area contributed by atoms with E-state index in [1.165, 1.54) is 0 Å². The number of fused-ring (bicyclic) bond motifs is 1. The molecule has 2 heterocycles. The first-order chi connectivity index (χ1) is 12.0. The minimum atomic E-state index is -1.45. The van der Waals surface area contributed by atoms with Gasteiger partial charge < -0.3 is 25.4 Å². The SMILES string of the molecule is CCCCCNc1nc(NCCC(C)C)c2ncn(CC(O)O)c2n1. The first kappa shape index (κ1) is 19.4. The predicted octanol–water partition coefficient (Wildman–Crippen LogP) is 2.20. The van der Waals surface area contributed by atoms with Crippen LogP contribution in [-0.2, 0) is 6.54 Å². The Balaban J connectivity index is 2.23. The molecule has 0 radical (unpaired) electrons. The lowest BCUT2D eigenvalue weighted by Crippen LogP contribution is -2.15. The molecule has 0 spiro atoms. The highest BCUT2D eigenvalue weighted by Crippen LogP contribution is 2.21. The maximum absolute atomic E-state index is 9.26. The van der Waals surface area contributed by atoms with E-state index in [-0.39, 0.29) is 6.54 Å². The summed E-state index contributed by atoms with van der Waals surface area (Å²) in [6, 6.07) is 0. The first-order valence-corrected chi connectivity index (χ1v) is 9.08. The number of aliphatic hydroxyl groups excluding tert-OH is 1. The van der Waals surface area contributed by atoms with Crippen LogP contribution in [0.15, 0.2) is 6.33 Å². The van der Waals surface area contributed by atoms with Crippen LogP contribution < -0.4 is 10.6 Å². The number of imidazole rings is 1. The molecule has 0 aliphatic heterocycles. The minimum Gasteiger partial charge on any atom is -0.368 e. The van der Waals surface area contributed by atoms with E-state index in [4.69, 9.17) is 0 Å². The van der Waals surface area contributed by atoms with Crippen LogP contribution in [-0.4, -0.2) is 49.1 Å². The average molecular weight is 350 g/mol. The molecule has 2 rings (SSSR count). The van der Waals surface area contributed by atoms with Crippen molar-refractivity contribution in [3.63, 3.8) is 0 Å². The summed E-state index contributed by atoms with van der Waals surface area (Å²) in [5.74, 6) is 1.80. The van der Waals surface area contributed by atoms with E-state index in [0.717, 1.165) is 38.8 Å². The zero-order valence-corrected chi connectivity index (χ0v) is 15.4. The van der Waals surface area contributed by atoms with Gasteiger partial charge in [-0.1, -0.05) is 33.6 Å². The third-order valence-corrected chi connectivity index (χ3v) is 3.90.